The third-order valence-corrected chi connectivity index (χ3v) is 2.94. The van der Waals surface area contributed by atoms with E-state index in [1.807, 2.05) is 13.0 Å². The average molecular weight is 205 g/mol. The fourth-order valence-electron chi connectivity index (χ4n) is 0.977. The Labute approximate surface area is 82.0 Å². The molecule has 1 aliphatic carbocycles. The zero-order valence-electron chi connectivity index (χ0n) is 6.97. The first-order valence-corrected chi connectivity index (χ1v) is 4.54. The topological polar surface area (TPSA) is 17.1 Å². The van der Waals surface area contributed by atoms with Crippen LogP contribution in [0.2, 0.25) is 0 Å². The van der Waals surface area contributed by atoms with Crippen molar-refractivity contribution >= 4 is 29.0 Å². The highest BCUT2D eigenvalue weighted by molar-refractivity contribution is 6.46. The van der Waals surface area contributed by atoms with Gasteiger partial charge in [0.15, 0.2) is 5.78 Å². The van der Waals surface area contributed by atoms with Gasteiger partial charge in [-0.3, -0.25) is 4.79 Å². The zero-order valence-corrected chi connectivity index (χ0v) is 8.49. The maximum Gasteiger partial charge on any atom is 0.168 e. The standard InChI is InChI=1S/C9H10Cl2O/c1-6-3-4-9(2,8(10)11)7(12)5-6/h3-5,8H,1-2H3. The minimum Gasteiger partial charge on any atom is -0.294 e. The van der Waals surface area contributed by atoms with Gasteiger partial charge in [-0.2, -0.15) is 0 Å². The van der Waals surface area contributed by atoms with E-state index in [0.717, 1.165) is 5.57 Å². The SMILES string of the molecule is CC1=CC(=O)C(C)(C(Cl)Cl)C=C1. The molecule has 66 valence electrons. The van der Waals surface area contributed by atoms with E-state index < -0.39 is 10.3 Å². The highest BCUT2D eigenvalue weighted by Gasteiger charge is 2.36. The van der Waals surface area contributed by atoms with Crippen molar-refractivity contribution in [2.24, 2.45) is 5.41 Å². The van der Waals surface area contributed by atoms with Crippen LogP contribution in [0.1, 0.15) is 13.8 Å². The van der Waals surface area contributed by atoms with Crippen molar-refractivity contribution in [1.82, 2.24) is 0 Å². The Kier molecular flexibility index (Phi) is 2.64. The predicted molar refractivity (Wildman–Crippen MR) is 51.5 cm³/mol. The summed E-state index contributed by atoms with van der Waals surface area (Å²) in [6.45, 7) is 3.60. The lowest BCUT2D eigenvalue weighted by Gasteiger charge is -2.26. The Hall–Kier alpha value is -0.270. The summed E-state index contributed by atoms with van der Waals surface area (Å²) >= 11 is 11.4. The molecule has 1 unspecified atom stereocenters. The summed E-state index contributed by atoms with van der Waals surface area (Å²) in [7, 11) is 0. The summed E-state index contributed by atoms with van der Waals surface area (Å²) in [6.07, 6.45) is 5.19. The molecule has 0 fully saturated rings. The molecule has 0 amide bonds. The van der Waals surface area contributed by atoms with Crippen LogP contribution in [0.5, 0.6) is 0 Å². The highest BCUT2D eigenvalue weighted by atomic mass is 35.5. The average Bonchev–Trinajstić information content (AvgIpc) is 1.97. The van der Waals surface area contributed by atoms with E-state index in [0.29, 0.717) is 0 Å². The molecule has 0 saturated carbocycles. The molecular formula is C9H10Cl2O. The molecule has 0 spiro atoms. The van der Waals surface area contributed by atoms with E-state index in [-0.39, 0.29) is 5.78 Å². The molecule has 0 heterocycles. The number of carbonyl (C=O) groups is 1. The molecule has 0 aromatic heterocycles. The molecule has 0 aliphatic heterocycles. The zero-order chi connectivity index (χ0) is 9.35. The van der Waals surface area contributed by atoms with Gasteiger partial charge in [0, 0.05) is 0 Å². The number of carbonyl (C=O) groups excluding carboxylic acids is 1. The van der Waals surface area contributed by atoms with Gasteiger partial charge in [-0.25, -0.2) is 0 Å². The second-order valence-electron chi connectivity index (χ2n) is 3.17. The van der Waals surface area contributed by atoms with Gasteiger partial charge in [0.05, 0.1) is 5.41 Å². The van der Waals surface area contributed by atoms with Gasteiger partial charge in [-0.1, -0.05) is 12.2 Å². The molecule has 1 atom stereocenters. The maximum atomic E-state index is 11.5. The molecule has 12 heavy (non-hydrogen) atoms. The summed E-state index contributed by atoms with van der Waals surface area (Å²) in [5.74, 6) is -0.0301. The molecule has 1 nitrogen and oxygen atoms in total. The first kappa shape index (κ1) is 9.82. The molecule has 0 radical (unpaired) electrons. The van der Waals surface area contributed by atoms with E-state index in [1.165, 1.54) is 0 Å². The predicted octanol–water partition coefficient (Wildman–Crippen LogP) is 2.88. The Morgan fingerprint density at radius 3 is 2.50 bits per heavy atom. The fourth-order valence-corrected chi connectivity index (χ4v) is 1.34. The molecule has 3 heteroatoms. The van der Waals surface area contributed by atoms with E-state index >= 15 is 0 Å². The van der Waals surface area contributed by atoms with Crippen molar-refractivity contribution in [3.63, 3.8) is 0 Å². The fraction of sp³-hybridized carbons (Fsp3) is 0.444. The number of rotatable bonds is 1. The van der Waals surface area contributed by atoms with Crippen LogP contribution in [0.4, 0.5) is 0 Å². The Morgan fingerprint density at radius 2 is 2.08 bits per heavy atom. The summed E-state index contributed by atoms with van der Waals surface area (Å²) in [4.78, 5) is 10.8. The van der Waals surface area contributed by atoms with Crippen LogP contribution in [0.15, 0.2) is 23.8 Å². The van der Waals surface area contributed by atoms with Crippen LogP contribution in [0.25, 0.3) is 0 Å². The van der Waals surface area contributed by atoms with Gasteiger partial charge in [-0.15, -0.1) is 23.2 Å². The Balaban J connectivity index is 2.99. The minimum absolute atomic E-state index is 0.0301. The van der Waals surface area contributed by atoms with E-state index in [2.05, 4.69) is 0 Å². The summed E-state index contributed by atoms with van der Waals surface area (Å²) in [5, 5.41) is 0. The first-order valence-electron chi connectivity index (χ1n) is 3.67. The van der Waals surface area contributed by atoms with Crippen LogP contribution >= 0.6 is 23.2 Å². The van der Waals surface area contributed by atoms with Crippen LogP contribution in [-0.4, -0.2) is 10.6 Å². The summed E-state index contributed by atoms with van der Waals surface area (Å²) in [5.41, 5.74) is 0.189. The van der Waals surface area contributed by atoms with Crippen LogP contribution in [0, 0.1) is 5.41 Å². The number of halogens is 2. The molecule has 0 N–H and O–H groups in total. The van der Waals surface area contributed by atoms with Crippen molar-refractivity contribution in [3.8, 4) is 0 Å². The second kappa shape index (κ2) is 3.23. The molecule has 0 aromatic carbocycles. The van der Waals surface area contributed by atoms with Crippen molar-refractivity contribution < 1.29 is 4.79 Å². The van der Waals surface area contributed by atoms with Gasteiger partial charge >= 0.3 is 0 Å². The Bertz CT molecular complexity index is 266. The van der Waals surface area contributed by atoms with E-state index in [9.17, 15) is 4.79 Å². The van der Waals surface area contributed by atoms with Crippen molar-refractivity contribution in [2.45, 2.75) is 18.7 Å². The quantitative estimate of drug-likeness (QED) is 0.601. The van der Waals surface area contributed by atoms with Gasteiger partial charge in [0.1, 0.15) is 4.84 Å². The molecule has 0 aromatic rings. The van der Waals surface area contributed by atoms with Crippen LogP contribution in [-0.2, 0) is 4.79 Å². The maximum absolute atomic E-state index is 11.5. The molecule has 0 bridgehead atoms. The third-order valence-electron chi connectivity index (χ3n) is 2.04. The van der Waals surface area contributed by atoms with Gasteiger partial charge < -0.3 is 0 Å². The van der Waals surface area contributed by atoms with Crippen molar-refractivity contribution in [1.29, 1.82) is 0 Å². The summed E-state index contributed by atoms with van der Waals surface area (Å²) < 4.78 is 0. The smallest absolute Gasteiger partial charge is 0.168 e. The highest BCUT2D eigenvalue weighted by Crippen LogP contribution is 2.35. The molecule has 0 saturated heterocycles. The number of hydrogen-bond donors (Lipinski definition) is 0. The van der Waals surface area contributed by atoms with Crippen LogP contribution < -0.4 is 0 Å². The van der Waals surface area contributed by atoms with Crippen molar-refractivity contribution in [2.75, 3.05) is 0 Å². The largest absolute Gasteiger partial charge is 0.294 e. The number of allylic oxidation sites excluding steroid dienone is 4. The third kappa shape index (κ3) is 1.57. The monoisotopic (exact) mass is 204 g/mol. The minimum atomic E-state index is -0.747. The van der Waals surface area contributed by atoms with Gasteiger partial charge in [0.25, 0.3) is 0 Å². The number of ketones is 1. The number of hydrogen-bond acceptors (Lipinski definition) is 1. The molecule has 1 rings (SSSR count). The van der Waals surface area contributed by atoms with Crippen molar-refractivity contribution in [3.05, 3.63) is 23.8 Å². The summed E-state index contributed by atoms with van der Waals surface area (Å²) in [6, 6.07) is 0. The van der Waals surface area contributed by atoms with Gasteiger partial charge in [-0.05, 0) is 25.5 Å². The lowest BCUT2D eigenvalue weighted by Crippen LogP contribution is -2.32. The number of alkyl halides is 2. The lowest BCUT2D eigenvalue weighted by atomic mass is 9.82. The van der Waals surface area contributed by atoms with E-state index in [1.54, 1.807) is 19.1 Å². The Morgan fingerprint density at radius 1 is 1.50 bits per heavy atom. The second-order valence-corrected chi connectivity index (χ2v) is 4.27. The molecular weight excluding hydrogens is 195 g/mol. The molecule has 1 aliphatic rings. The normalized spacial score (nSPS) is 29.4. The van der Waals surface area contributed by atoms with Crippen LogP contribution in [0.3, 0.4) is 0 Å². The first-order chi connectivity index (χ1) is 5.47. The van der Waals surface area contributed by atoms with Gasteiger partial charge in [0.2, 0.25) is 0 Å². The lowest BCUT2D eigenvalue weighted by molar-refractivity contribution is -0.120. The van der Waals surface area contributed by atoms with E-state index in [4.69, 9.17) is 23.2 Å².